The normalized spacial score (nSPS) is 12.7. The molecule has 2 aromatic rings. The number of hydrogen-bond acceptors (Lipinski definition) is 4. The van der Waals surface area contributed by atoms with Crippen LogP contribution in [0.25, 0.3) is 0 Å². The number of nitrogens with two attached hydrogens (primary N) is 1. The second kappa shape index (κ2) is 11.0. The standard InChI is InChI=1S/C23H29N3O4/c1-15(2)21(25-16(3)27)23(29)26-20(22(24)28)13-17-9-11-19(12-10-17)30-14-18-7-5-4-6-8-18/h4-12,15,20-21H,13-14H2,1-3H3,(H2,24,28)(H,25,27)(H,26,29)/t20-,21-/m1/s1. The molecule has 4 N–H and O–H groups in total. The van der Waals surface area contributed by atoms with Gasteiger partial charge in [0.15, 0.2) is 0 Å². The summed E-state index contributed by atoms with van der Waals surface area (Å²) in [5, 5.41) is 5.26. The topological polar surface area (TPSA) is 111 Å². The van der Waals surface area contributed by atoms with Crippen LogP contribution in [0.5, 0.6) is 5.75 Å². The fourth-order valence-electron chi connectivity index (χ4n) is 2.94. The molecular weight excluding hydrogens is 382 g/mol. The molecule has 0 aliphatic heterocycles. The maximum atomic E-state index is 12.5. The first kappa shape index (κ1) is 22.9. The van der Waals surface area contributed by atoms with Crippen molar-refractivity contribution in [2.24, 2.45) is 11.7 Å². The van der Waals surface area contributed by atoms with Gasteiger partial charge in [0.1, 0.15) is 24.4 Å². The number of amides is 3. The van der Waals surface area contributed by atoms with Gasteiger partial charge in [-0.3, -0.25) is 14.4 Å². The number of rotatable bonds is 10. The van der Waals surface area contributed by atoms with Gasteiger partial charge < -0.3 is 21.1 Å². The highest BCUT2D eigenvalue weighted by molar-refractivity contribution is 5.91. The van der Waals surface area contributed by atoms with Gasteiger partial charge in [-0.1, -0.05) is 56.3 Å². The van der Waals surface area contributed by atoms with E-state index in [-0.39, 0.29) is 18.2 Å². The van der Waals surface area contributed by atoms with E-state index in [9.17, 15) is 14.4 Å². The van der Waals surface area contributed by atoms with E-state index in [0.29, 0.717) is 12.4 Å². The predicted molar refractivity (Wildman–Crippen MR) is 114 cm³/mol. The molecule has 7 nitrogen and oxygen atoms in total. The fourth-order valence-corrected chi connectivity index (χ4v) is 2.94. The lowest BCUT2D eigenvalue weighted by molar-refractivity contribution is -0.131. The van der Waals surface area contributed by atoms with Crippen molar-refractivity contribution in [3.8, 4) is 5.75 Å². The molecule has 0 aliphatic carbocycles. The Morgan fingerprint density at radius 3 is 2.10 bits per heavy atom. The molecule has 2 rings (SSSR count). The Kier molecular flexibility index (Phi) is 8.41. The number of primary amides is 1. The molecule has 160 valence electrons. The molecule has 0 aliphatic rings. The number of ether oxygens (including phenoxy) is 1. The summed E-state index contributed by atoms with van der Waals surface area (Å²) in [6.07, 6.45) is 0.241. The lowest BCUT2D eigenvalue weighted by Crippen LogP contribution is -2.55. The molecule has 0 fully saturated rings. The summed E-state index contributed by atoms with van der Waals surface area (Å²) in [6.45, 7) is 5.43. The van der Waals surface area contributed by atoms with E-state index in [2.05, 4.69) is 10.6 Å². The van der Waals surface area contributed by atoms with E-state index < -0.39 is 23.9 Å². The summed E-state index contributed by atoms with van der Waals surface area (Å²) in [5.41, 5.74) is 7.38. The minimum Gasteiger partial charge on any atom is -0.489 e. The average molecular weight is 412 g/mol. The molecule has 0 spiro atoms. The van der Waals surface area contributed by atoms with Gasteiger partial charge in [0.05, 0.1) is 0 Å². The lowest BCUT2D eigenvalue weighted by atomic mass is 10.0. The third-order valence-electron chi connectivity index (χ3n) is 4.58. The van der Waals surface area contributed by atoms with Crippen LogP contribution in [0.3, 0.4) is 0 Å². The number of nitrogens with one attached hydrogen (secondary N) is 2. The molecule has 30 heavy (non-hydrogen) atoms. The van der Waals surface area contributed by atoms with E-state index in [1.807, 2.05) is 68.4 Å². The molecule has 0 heterocycles. The van der Waals surface area contributed by atoms with Crippen LogP contribution in [0.15, 0.2) is 54.6 Å². The molecular formula is C23H29N3O4. The fraction of sp³-hybridized carbons (Fsp3) is 0.348. The van der Waals surface area contributed by atoms with Crippen LogP contribution in [0.4, 0.5) is 0 Å². The summed E-state index contributed by atoms with van der Waals surface area (Å²) in [5.74, 6) is -0.827. The van der Waals surface area contributed by atoms with Gasteiger partial charge in [-0.2, -0.15) is 0 Å². The molecule has 2 aromatic carbocycles. The van der Waals surface area contributed by atoms with E-state index in [4.69, 9.17) is 10.5 Å². The Morgan fingerprint density at radius 2 is 1.57 bits per heavy atom. The Balaban J connectivity index is 1.98. The zero-order valence-corrected chi connectivity index (χ0v) is 17.6. The lowest BCUT2D eigenvalue weighted by Gasteiger charge is -2.24. The van der Waals surface area contributed by atoms with Gasteiger partial charge in [-0.05, 0) is 29.2 Å². The van der Waals surface area contributed by atoms with Gasteiger partial charge in [-0.15, -0.1) is 0 Å². The van der Waals surface area contributed by atoms with Crippen LogP contribution >= 0.6 is 0 Å². The Morgan fingerprint density at radius 1 is 0.933 bits per heavy atom. The third-order valence-corrected chi connectivity index (χ3v) is 4.58. The number of carbonyl (C=O) groups excluding carboxylic acids is 3. The SMILES string of the molecule is CC(=O)N[C@@H](C(=O)N[C@H](Cc1ccc(OCc2ccccc2)cc1)C(N)=O)C(C)C. The van der Waals surface area contributed by atoms with Gasteiger partial charge in [0, 0.05) is 13.3 Å². The van der Waals surface area contributed by atoms with Crippen LogP contribution in [-0.2, 0) is 27.4 Å². The molecule has 7 heteroatoms. The van der Waals surface area contributed by atoms with Crippen LogP contribution in [0.2, 0.25) is 0 Å². The van der Waals surface area contributed by atoms with Crippen molar-refractivity contribution < 1.29 is 19.1 Å². The minimum absolute atomic E-state index is 0.136. The second-order valence-corrected chi connectivity index (χ2v) is 7.51. The van der Waals surface area contributed by atoms with Crippen LogP contribution in [0.1, 0.15) is 31.9 Å². The average Bonchev–Trinajstić information content (AvgIpc) is 2.71. The molecule has 3 amide bonds. The van der Waals surface area contributed by atoms with Crippen LogP contribution in [-0.4, -0.2) is 29.8 Å². The van der Waals surface area contributed by atoms with Crippen molar-refractivity contribution in [2.75, 3.05) is 0 Å². The summed E-state index contributed by atoms with van der Waals surface area (Å²) < 4.78 is 5.76. The van der Waals surface area contributed by atoms with Crippen molar-refractivity contribution in [2.45, 2.75) is 45.9 Å². The van der Waals surface area contributed by atoms with E-state index >= 15 is 0 Å². The molecule has 0 aromatic heterocycles. The number of carbonyl (C=O) groups is 3. The smallest absolute Gasteiger partial charge is 0.243 e. The summed E-state index contributed by atoms with van der Waals surface area (Å²) in [4.78, 5) is 35.8. The Bertz CT molecular complexity index is 851. The Hall–Kier alpha value is -3.35. The summed E-state index contributed by atoms with van der Waals surface area (Å²) >= 11 is 0. The highest BCUT2D eigenvalue weighted by Crippen LogP contribution is 2.15. The molecule has 0 saturated heterocycles. The van der Waals surface area contributed by atoms with Gasteiger partial charge in [-0.25, -0.2) is 0 Å². The zero-order chi connectivity index (χ0) is 22.1. The maximum Gasteiger partial charge on any atom is 0.243 e. The first-order valence-corrected chi connectivity index (χ1v) is 9.88. The molecule has 0 radical (unpaired) electrons. The summed E-state index contributed by atoms with van der Waals surface area (Å²) in [7, 11) is 0. The van der Waals surface area contributed by atoms with Crippen LogP contribution < -0.4 is 21.1 Å². The van der Waals surface area contributed by atoms with Crippen molar-refractivity contribution in [1.29, 1.82) is 0 Å². The monoisotopic (exact) mass is 411 g/mol. The van der Waals surface area contributed by atoms with E-state index in [1.54, 1.807) is 0 Å². The van der Waals surface area contributed by atoms with Crippen molar-refractivity contribution >= 4 is 17.7 Å². The number of benzene rings is 2. The second-order valence-electron chi connectivity index (χ2n) is 7.51. The highest BCUT2D eigenvalue weighted by Gasteiger charge is 2.27. The molecule has 0 unspecified atom stereocenters. The minimum atomic E-state index is -0.886. The van der Waals surface area contributed by atoms with Crippen molar-refractivity contribution in [3.05, 3.63) is 65.7 Å². The first-order valence-electron chi connectivity index (χ1n) is 9.88. The summed E-state index contributed by atoms with van der Waals surface area (Å²) in [6, 6.07) is 15.5. The van der Waals surface area contributed by atoms with Gasteiger partial charge in [0.2, 0.25) is 17.7 Å². The maximum absolute atomic E-state index is 12.5. The van der Waals surface area contributed by atoms with E-state index in [1.165, 1.54) is 6.92 Å². The molecule has 2 atom stereocenters. The predicted octanol–water partition coefficient (Wildman–Crippen LogP) is 1.94. The third kappa shape index (κ3) is 7.24. The van der Waals surface area contributed by atoms with Gasteiger partial charge in [0.25, 0.3) is 0 Å². The first-order chi connectivity index (χ1) is 14.3. The zero-order valence-electron chi connectivity index (χ0n) is 17.6. The quantitative estimate of drug-likeness (QED) is 0.555. The van der Waals surface area contributed by atoms with Crippen LogP contribution in [0, 0.1) is 5.92 Å². The number of hydrogen-bond donors (Lipinski definition) is 3. The molecule has 0 saturated carbocycles. The Labute approximate surface area is 177 Å². The van der Waals surface area contributed by atoms with E-state index in [0.717, 1.165) is 11.1 Å². The van der Waals surface area contributed by atoms with Gasteiger partial charge >= 0.3 is 0 Å². The molecule has 0 bridgehead atoms. The highest BCUT2D eigenvalue weighted by atomic mass is 16.5. The van der Waals surface area contributed by atoms with Crippen molar-refractivity contribution in [3.63, 3.8) is 0 Å². The van der Waals surface area contributed by atoms with Crippen molar-refractivity contribution in [1.82, 2.24) is 10.6 Å². The largest absolute Gasteiger partial charge is 0.489 e.